The van der Waals surface area contributed by atoms with E-state index in [4.69, 9.17) is 12.2 Å². The van der Waals surface area contributed by atoms with Crippen molar-refractivity contribution in [2.45, 2.75) is 71.1 Å². The first kappa shape index (κ1) is 17.9. The summed E-state index contributed by atoms with van der Waals surface area (Å²) in [6, 6.07) is 7.78. The summed E-state index contributed by atoms with van der Waals surface area (Å²) in [5.41, 5.74) is 1.82. The zero-order valence-corrected chi connectivity index (χ0v) is 15.0. The fraction of sp³-hybridized carbons (Fsp3) is 0.579. The van der Waals surface area contributed by atoms with Crippen molar-refractivity contribution in [2.24, 2.45) is 0 Å². The van der Waals surface area contributed by atoms with Gasteiger partial charge in [-0.3, -0.25) is 9.36 Å². The lowest BCUT2D eigenvalue weighted by Crippen LogP contribution is -2.10. The summed E-state index contributed by atoms with van der Waals surface area (Å²) in [7, 11) is 0. The first-order chi connectivity index (χ1) is 11.2. The van der Waals surface area contributed by atoms with Crippen LogP contribution < -0.4 is 0 Å². The molecule has 4 heteroatoms. The topological polar surface area (TPSA) is 37.8 Å². The van der Waals surface area contributed by atoms with Gasteiger partial charge in [0.25, 0.3) is 0 Å². The van der Waals surface area contributed by atoms with Gasteiger partial charge in [0.05, 0.1) is 11.0 Å². The summed E-state index contributed by atoms with van der Waals surface area (Å²) < 4.78 is 2.15. The van der Waals surface area contributed by atoms with Crippen molar-refractivity contribution < 1.29 is 4.79 Å². The fourth-order valence-electron chi connectivity index (χ4n) is 3.00. The van der Waals surface area contributed by atoms with Crippen molar-refractivity contribution >= 4 is 29.2 Å². The highest BCUT2D eigenvalue weighted by Crippen LogP contribution is 2.16. The Labute approximate surface area is 144 Å². The number of fused-ring (bicyclic) bond motifs is 1. The number of hydrogen-bond donors (Lipinski definition) is 1. The number of aromatic nitrogens is 2. The molecule has 0 radical (unpaired) electrons. The van der Waals surface area contributed by atoms with E-state index in [0.29, 0.717) is 11.2 Å². The SMILES string of the molecule is CCCCCCCCCCCC(=O)n1c(=S)[nH]c2ccccc21. The number of nitrogens with zero attached hydrogens (tertiary/aromatic N) is 1. The molecule has 0 spiro atoms. The van der Waals surface area contributed by atoms with Crippen LogP contribution in [0.15, 0.2) is 24.3 Å². The third kappa shape index (κ3) is 5.31. The van der Waals surface area contributed by atoms with Crippen LogP contribution in [-0.4, -0.2) is 15.5 Å². The number of unbranched alkanes of at least 4 members (excludes halogenated alkanes) is 8. The second-order valence-corrected chi connectivity index (χ2v) is 6.64. The van der Waals surface area contributed by atoms with Crippen molar-refractivity contribution in [1.82, 2.24) is 9.55 Å². The fourth-order valence-corrected chi connectivity index (χ4v) is 3.31. The van der Waals surface area contributed by atoms with Crippen LogP contribution in [0.1, 0.15) is 75.9 Å². The van der Waals surface area contributed by atoms with Crippen LogP contribution in [0, 0.1) is 4.77 Å². The summed E-state index contributed by atoms with van der Waals surface area (Å²) in [6.45, 7) is 2.25. The van der Waals surface area contributed by atoms with Gasteiger partial charge in [-0.15, -0.1) is 0 Å². The number of benzene rings is 1. The largest absolute Gasteiger partial charge is 0.330 e. The Morgan fingerprint density at radius 2 is 1.61 bits per heavy atom. The summed E-state index contributed by atoms with van der Waals surface area (Å²) in [4.78, 5) is 15.5. The molecule has 0 atom stereocenters. The number of para-hydroxylation sites is 2. The van der Waals surface area contributed by atoms with Crippen molar-refractivity contribution in [1.29, 1.82) is 0 Å². The Balaban J connectivity index is 1.71. The smallest absolute Gasteiger partial charge is 0.233 e. The summed E-state index contributed by atoms with van der Waals surface area (Å²) in [6.07, 6.45) is 11.9. The molecule has 2 rings (SSSR count). The zero-order valence-electron chi connectivity index (χ0n) is 14.1. The average molecular weight is 333 g/mol. The molecule has 1 N–H and O–H groups in total. The van der Waals surface area contributed by atoms with Gasteiger partial charge in [-0.2, -0.15) is 0 Å². The van der Waals surface area contributed by atoms with Gasteiger partial charge in [-0.1, -0.05) is 70.4 Å². The highest BCUT2D eigenvalue weighted by Gasteiger charge is 2.10. The Morgan fingerprint density at radius 3 is 2.30 bits per heavy atom. The van der Waals surface area contributed by atoms with E-state index in [2.05, 4.69) is 11.9 Å². The Hall–Kier alpha value is -1.42. The Bertz CT molecular complexity index is 671. The van der Waals surface area contributed by atoms with Crippen molar-refractivity contribution in [3.05, 3.63) is 29.0 Å². The number of H-pyrrole nitrogens is 1. The predicted molar refractivity (Wildman–Crippen MR) is 99.6 cm³/mol. The minimum atomic E-state index is 0.107. The molecule has 0 aliphatic heterocycles. The van der Waals surface area contributed by atoms with E-state index in [9.17, 15) is 4.79 Å². The summed E-state index contributed by atoms with van der Waals surface area (Å²) in [5.74, 6) is 0.107. The summed E-state index contributed by atoms with van der Waals surface area (Å²) in [5, 5.41) is 0. The molecule has 2 aromatic rings. The van der Waals surface area contributed by atoms with Crippen LogP contribution in [0.4, 0.5) is 0 Å². The van der Waals surface area contributed by atoms with E-state index < -0.39 is 0 Å². The molecule has 3 nitrogen and oxygen atoms in total. The number of nitrogens with one attached hydrogen (secondary N) is 1. The second-order valence-electron chi connectivity index (χ2n) is 6.25. The molecule has 0 saturated carbocycles. The van der Waals surface area contributed by atoms with E-state index >= 15 is 0 Å². The molecule has 0 unspecified atom stereocenters. The maximum absolute atomic E-state index is 12.4. The number of rotatable bonds is 10. The molecule has 1 aromatic carbocycles. The van der Waals surface area contributed by atoms with Gasteiger partial charge in [0.15, 0.2) is 4.77 Å². The maximum atomic E-state index is 12.4. The molecular weight excluding hydrogens is 304 g/mol. The van der Waals surface area contributed by atoms with Gasteiger partial charge >= 0.3 is 0 Å². The lowest BCUT2D eigenvalue weighted by Gasteiger charge is -2.04. The van der Waals surface area contributed by atoms with Gasteiger partial charge in [-0.05, 0) is 30.8 Å². The molecule has 1 heterocycles. The Morgan fingerprint density at radius 1 is 1.00 bits per heavy atom. The second kappa shape index (κ2) is 9.66. The van der Waals surface area contributed by atoms with Crippen LogP contribution in [0.2, 0.25) is 0 Å². The minimum Gasteiger partial charge on any atom is -0.330 e. The number of aromatic amines is 1. The van der Waals surface area contributed by atoms with E-state index in [0.717, 1.165) is 23.9 Å². The normalized spacial score (nSPS) is 11.2. The van der Waals surface area contributed by atoms with Crippen molar-refractivity contribution in [3.63, 3.8) is 0 Å². The molecule has 23 heavy (non-hydrogen) atoms. The molecule has 1 aromatic heterocycles. The van der Waals surface area contributed by atoms with Gasteiger partial charge in [0.2, 0.25) is 5.91 Å². The molecule has 0 aliphatic rings. The highest BCUT2D eigenvalue weighted by molar-refractivity contribution is 7.71. The molecular formula is C19H28N2OS. The zero-order chi connectivity index (χ0) is 16.5. The van der Waals surface area contributed by atoms with Gasteiger partial charge in [-0.25, -0.2) is 0 Å². The van der Waals surface area contributed by atoms with Crippen LogP contribution in [-0.2, 0) is 0 Å². The number of carbonyl (C=O) groups is 1. The van der Waals surface area contributed by atoms with E-state index in [1.54, 1.807) is 4.57 Å². The Kier molecular flexibility index (Phi) is 7.53. The monoisotopic (exact) mass is 332 g/mol. The number of carbonyl (C=O) groups excluding carboxylic acids is 1. The lowest BCUT2D eigenvalue weighted by atomic mass is 10.1. The van der Waals surface area contributed by atoms with Crippen LogP contribution in [0.25, 0.3) is 11.0 Å². The summed E-state index contributed by atoms with van der Waals surface area (Å²) >= 11 is 5.29. The first-order valence-corrected chi connectivity index (χ1v) is 9.38. The molecule has 126 valence electrons. The third-order valence-corrected chi connectivity index (χ3v) is 4.62. The predicted octanol–water partition coefficient (Wildman–Crippen LogP) is 6.26. The van der Waals surface area contributed by atoms with Gasteiger partial charge < -0.3 is 4.98 Å². The lowest BCUT2D eigenvalue weighted by molar-refractivity contribution is 0.0902. The van der Waals surface area contributed by atoms with Gasteiger partial charge in [0.1, 0.15) is 0 Å². The van der Waals surface area contributed by atoms with Crippen LogP contribution >= 0.6 is 12.2 Å². The standard InChI is InChI=1S/C19H28N2OS/c1-2-3-4-5-6-7-8-9-10-15-18(22)21-17-14-12-11-13-16(17)20-19(21)23/h11-14H,2-10,15H2,1H3,(H,20,23). The minimum absolute atomic E-state index is 0.107. The molecule has 0 fully saturated rings. The highest BCUT2D eigenvalue weighted by atomic mass is 32.1. The molecule has 0 aliphatic carbocycles. The number of hydrogen-bond acceptors (Lipinski definition) is 2. The molecule has 0 amide bonds. The van der Waals surface area contributed by atoms with Crippen molar-refractivity contribution in [2.75, 3.05) is 0 Å². The molecule has 0 saturated heterocycles. The average Bonchev–Trinajstić information content (AvgIpc) is 2.89. The van der Waals surface area contributed by atoms with E-state index in [-0.39, 0.29) is 5.91 Å². The van der Waals surface area contributed by atoms with Crippen LogP contribution in [0.5, 0.6) is 0 Å². The van der Waals surface area contributed by atoms with Crippen molar-refractivity contribution in [3.8, 4) is 0 Å². The van der Waals surface area contributed by atoms with E-state index in [1.165, 1.54) is 44.9 Å². The first-order valence-electron chi connectivity index (χ1n) is 8.97. The number of imidazole rings is 1. The van der Waals surface area contributed by atoms with E-state index in [1.807, 2.05) is 24.3 Å². The third-order valence-electron chi connectivity index (χ3n) is 4.33. The maximum Gasteiger partial charge on any atom is 0.233 e. The quantitative estimate of drug-likeness (QED) is 0.412. The van der Waals surface area contributed by atoms with Crippen LogP contribution in [0.3, 0.4) is 0 Å². The van der Waals surface area contributed by atoms with Gasteiger partial charge in [0, 0.05) is 6.42 Å². The molecule has 0 bridgehead atoms.